The van der Waals surface area contributed by atoms with Crippen molar-refractivity contribution in [2.45, 2.75) is 180 Å². The molecule has 0 bridgehead atoms. The van der Waals surface area contributed by atoms with Gasteiger partial charge in [-0.25, -0.2) is 9.71 Å². The van der Waals surface area contributed by atoms with Gasteiger partial charge in [-0.1, -0.05) is 144 Å². The van der Waals surface area contributed by atoms with E-state index in [1.165, 1.54) is 16.7 Å². The first-order valence-corrected chi connectivity index (χ1v) is 32.9. The zero-order valence-electron chi connectivity index (χ0n) is 40.8. The molecule has 3 heterocycles. The van der Waals surface area contributed by atoms with Crippen molar-refractivity contribution in [3.8, 4) is 0 Å². The summed E-state index contributed by atoms with van der Waals surface area (Å²) in [7, 11) is -9.63. The molecule has 1 aliphatic rings. The Balaban J connectivity index is 1.53. The molecule has 0 radical (unpaired) electrons. The van der Waals surface area contributed by atoms with E-state index >= 15 is 0 Å². The molecule has 61 heavy (non-hydrogen) atoms. The summed E-state index contributed by atoms with van der Waals surface area (Å²) in [5, 5.41) is 15.8. The monoisotopic (exact) mass is 906 g/mol. The van der Waals surface area contributed by atoms with Crippen LogP contribution >= 0.6 is 0 Å². The second kappa shape index (κ2) is 17.8. The van der Waals surface area contributed by atoms with Crippen LogP contribution in [0.2, 0.25) is 59.4 Å². The summed E-state index contributed by atoms with van der Waals surface area (Å²) < 4.78 is 38.9. The van der Waals surface area contributed by atoms with Crippen LogP contribution in [-0.4, -0.2) is 79.3 Å². The highest BCUT2D eigenvalue weighted by molar-refractivity contribution is 6.99. The Labute approximate surface area is 372 Å². The van der Waals surface area contributed by atoms with Crippen molar-refractivity contribution < 1.29 is 27.2 Å². The van der Waals surface area contributed by atoms with Gasteiger partial charge in [0.25, 0.3) is 20.3 Å². The van der Waals surface area contributed by atoms with Gasteiger partial charge >= 0.3 is 0 Å². The Morgan fingerprint density at radius 2 is 1.15 bits per heavy atom. The number of benzene rings is 2. The van der Waals surface area contributed by atoms with Crippen LogP contribution in [0.4, 0.5) is 0 Å². The molecule has 1 aliphatic heterocycles. The van der Waals surface area contributed by atoms with E-state index in [1.54, 1.807) is 6.33 Å². The van der Waals surface area contributed by atoms with Crippen molar-refractivity contribution in [2.75, 3.05) is 13.2 Å². The first-order chi connectivity index (χ1) is 28.0. The topological polar surface area (TPSA) is 104 Å². The van der Waals surface area contributed by atoms with Gasteiger partial charge < -0.3 is 27.6 Å². The van der Waals surface area contributed by atoms with E-state index in [9.17, 15) is 5.21 Å². The molecule has 4 aromatic rings. The SMILES string of the molecule is CC(C)(C)[Si](C)(C)OC[C@H]1O[C@@H](n2cnc3c(CCCO[Si](c4ccccc4)(c4ccccc4)C(C)(C)C)[n+]([O-])cnc32)[C@H](O[Si](C)(C)C(C)(C)C)[C@@H]1O[Si](C)(C)C(C)(C)C. The molecule has 338 valence electrons. The minimum Gasteiger partial charge on any atom is -0.711 e. The van der Waals surface area contributed by atoms with Crippen molar-refractivity contribution >= 4 is 54.8 Å². The maximum atomic E-state index is 13.6. The number of ether oxygens (including phenoxy) is 1. The summed E-state index contributed by atoms with van der Waals surface area (Å²) >= 11 is 0. The van der Waals surface area contributed by atoms with E-state index in [0.717, 1.165) is 4.73 Å². The standard InChI is InChI=1S/C47H78N4O6Si4/c1-44(2,3)58(13,14)54-32-38-40(56-59(15,16)45(4,5)6)41(57-60(17,18)46(7,8)9)43(55-38)50-33-48-39-37(51(52)34-49-42(39)50)30-25-31-53-61(47(10,11)12,35-26-21-19-22-27-35)36-28-23-20-24-29-36/h19-24,26-29,33-34,38,40-41,43H,25,30-32H2,1-18H3/t38-,40-,41-,43-/m1/s1. The van der Waals surface area contributed by atoms with Crippen molar-refractivity contribution in [1.82, 2.24) is 14.5 Å². The van der Waals surface area contributed by atoms with Gasteiger partial charge in [-0.3, -0.25) is 4.57 Å². The molecule has 5 rings (SSSR count). The molecular weight excluding hydrogens is 829 g/mol. The first kappa shape index (κ1) is 49.5. The third-order valence-corrected chi connectivity index (χ3v) is 32.8. The highest BCUT2D eigenvalue weighted by atomic mass is 28.4. The molecular formula is C47H78N4O6Si4. The van der Waals surface area contributed by atoms with Gasteiger partial charge in [0.2, 0.25) is 0 Å². The predicted molar refractivity (Wildman–Crippen MR) is 260 cm³/mol. The van der Waals surface area contributed by atoms with Gasteiger partial charge in [-0.05, 0) is 81.2 Å². The summed E-state index contributed by atoms with van der Waals surface area (Å²) in [5.74, 6) is 0. The Kier molecular flexibility index (Phi) is 14.4. The maximum Gasteiger partial charge on any atom is 0.292 e. The minimum atomic E-state index is -2.74. The Bertz CT molecular complexity index is 2030. The fourth-order valence-corrected chi connectivity index (χ4v) is 15.7. The zero-order chi connectivity index (χ0) is 45.6. The second-order valence-corrected chi connectivity index (χ2v) is 41.4. The molecule has 0 unspecified atom stereocenters. The summed E-state index contributed by atoms with van der Waals surface area (Å²) in [6.07, 6.45) is 2.36. The molecule has 0 amide bonds. The normalized spacial score (nSPS) is 20.2. The van der Waals surface area contributed by atoms with Crippen molar-refractivity contribution in [2.24, 2.45) is 0 Å². The molecule has 0 N–H and O–H groups in total. The fraction of sp³-hybridized carbons (Fsp3) is 0.638. The molecule has 1 fully saturated rings. The third-order valence-electron chi connectivity index (χ3n) is 14.3. The molecule has 14 heteroatoms. The quantitative estimate of drug-likeness (QED) is 0.0503. The van der Waals surface area contributed by atoms with Crippen LogP contribution in [0.3, 0.4) is 0 Å². The van der Waals surface area contributed by atoms with Gasteiger partial charge in [0, 0.05) is 13.0 Å². The van der Waals surface area contributed by atoms with Gasteiger partial charge in [0.1, 0.15) is 30.3 Å². The molecule has 0 aliphatic carbocycles. The number of nitrogens with zero attached hydrogens (tertiary/aromatic N) is 4. The van der Waals surface area contributed by atoms with E-state index in [0.29, 0.717) is 42.9 Å². The van der Waals surface area contributed by atoms with Gasteiger partial charge in [-0.15, -0.1) is 0 Å². The predicted octanol–water partition coefficient (Wildman–Crippen LogP) is 10.3. The summed E-state index contributed by atoms with van der Waals surface area (Å²) in [5.41, 5.74) is 1.70. The number of hydrogen-bond acceptors (Lipinski definition) is 8. The molecule has 0 saturated carbocycles. The van der Waals surface area contributed by atoms with Crippen LogP contribution in [0.15, 0.2) is 73.3 Å². The van der Waals surface area contributed by atoms with Crippen LogP contribution in [0.1, 0.15) is 101 Å². The Morgan fingerprint density at radius 3 is 1.62 bits per heavy atom. The number of rotatable bonds is 15. The van der Waals surface area contributed by atoms with Crippen molar-refractivity contribution in [3.05, 3.63) is 84.2 Å². The molecule has 1 saturated heterocycles. The van der Waals surface area contributed by atoms with Crippen LogP contribution < -0.4 is 15.1 Å². The minimum absolute atomic E-state index is 0.0248. The fourth-order valence-electron chi connectivity index (χ4n) is 7.48. The molecule has 2 aromatic heterocycles. The lowest BCUT2D eigenvalue weighted by Gasteiger charge is -2.44. The van der Waals surface area contributed by atoms with E-state index in [-0.39, 0.29) is 20.2 Å². The van der Waals surface area contributed by atoms with Crippen molar-refractivity contribution in [3.63, 3.8) is 0 Å². The number of aryl methyl sites for hydroxylation is 1. The number of imidazole rings is 1. The van der Waals surface area contributed by atoms with E-state index in [2.05, 4.69) is 183 Å². The van der Waals surface area contributed by atoms with Gasteiger partial charge in [0.15, 0.2) is 36.7 Å². The van der Waals surface area contributed by atoms with Crippen molar-refractivity contribution in [1.29, 1.82) is 0 Å². The highest BCUT2D eigenvalue weighted by Crippen LogP contribution is 2.47. The maximum absolute atomic E-state index is 13.6. The lowest BCUT2D eigenvalue weighted by atomic mass is 10.1. The molecule has 10 nitrogen and oxygen atoms in total. The number of fused-ring (bicyclic) bond motifs is 1. The smallest absolute Gasteiger partial charge is 0.292 e. The molecule has 4 atom stereocenters. The van der Waals surface area contributed by atoms with E-state index in [1.807, 2.05) is 4.57 Å². The summed E-state index contributed by atoms with van der Waals surface area (Å²) in [6.45, 7) is 41.8. The highest BCUT2D eigenvalue weighted by Gasteiger charge is 2.56. The second-order valence-electron chi connectivity index (χ2n) is 22.8. The molecule has 0 spiro atoms. The third kappa shape index (κ3) is 10.2. The lowest BCUT2D eigenvalue weighted by Crippen LogP contribution is -2.66. The van der Waals surface area contributed by atoms with Crippen LogP contribution in [0.5, 0.6) is 0 Å². The van der Waals surface area contributed by atoms with Gasteiger partial charge in [0.05, 0.1) is 6.61 Å². The number of aromatic nitrogens is 4. The van der Waals surface area contributed by atoms with E-state index < -0.39 is 57.8 Å². The molecule has 2 aromatic carbocycles. The largest absolute Gasteiger partial charge is 0.711 e. The Morgan fingerprint density at radius 1 is 0.656 bits per heavy atom. The van der Waals surface area contributed by atoms with Gasteiger partial charge in [-0.2, -0.15) is 0 Å². The summed E-state index contributed by atoms with van der Waals surface area (Å²) in [6, 6.07) is 21.3. The van der Waals surface area contributed by atoms with Crippen LogP contribution in [-0.2, 0) is 28.9 Å². The summed E-state index contributed by atoms with van der Waals surface area (Å²) in [4.78, 5) is 9.65. The van der Waals surface area contributed by atoms with Crippen LogP contribution in [0, 0.1) is 5.21 Å². The first-order valence-electron chi connectivity index (χ1n) is 22.3. The van der Waals surface area contributed by atoms with E-state index in [4.69, 9.17) is 32.4 Å². The number of hydrogen-bond donors (Lipinski definition) is 0. The Hall–Kier alpha value is -2.54. The van der Waals surface area contributed by atoms with Crippen LogP contribution in [0.25, 0.3) is 11.2 Å². The lowest BCUT2D eigenvalue weighted by molar-refractivity contribution is -0.615. The zero-order valence-corrected chi connectivity index (χ0v) is 44.8. The average molecular weight is 908 g/mol. The average Bonchev–Trinajstić information content (AvgIpc) is 3.70.